The molecule has 0 saturated heterocycles. The second kappa shape index (κ2) is 4.57. The number of rotatable bonds is 2. The lowest BCUT2D eigenvalue weighted by atomic mass is 10.2. The molecule has 2 heterocycles. The number of hydrogen-bond acceptors (Lipinski definition) is 3. The standard InChI is InChI=1S/C15H9ClN4O2/c16-8-2-4-10-9(6-8)13(20-19-10)14-17-11-3-1-7(15(21)22)5-12(11)18-14/h1-6H,(H,17,18)(H,19,20)(H,21,22). The fraction of sp³-hybridized carbons (Fsp3) is 0. The summed E-state index contributed by atoms with van der Waals surface area (Å²) in [7, 11) is 0. The Morgan fingerprint density at radius 1 is 1.14 bits per heavy atom. The first-order valence-electron chi connectivity index (χ1n) is 6.49. The lowest BCUT2D eigenvalue weighted by Crippen LogP contribution is -1.94. The summed E-state index contributed by atoms with van der Waals surface area (Å²) in [5.41, 5.74) is 3.03. The predicted octanol–water partition coefficient (Wildman–Crippen LogP) is 3.46. The van der Waals surface area contributed by atoms with Crippen LogP contribution in [0.3, 0.4) is 0 Å². The third kappa shape index (κ3) is 1.93. The normalized spacial score (nSPS) is 11.3. The highest BCUT2D eigenvalue weighted by atomic mass is 35.5. The average molecular weight is 313 g/mol. The third-order valence-electron chi connectivity index (χ3n) is 3.48. The summed E-state index contributed by atoms with van der Waals surface area (Å²) in [6, 6.07) is 10.2. The van der Waals surface area contributed by atoms with Crippen LogP contribution >= 0.6 is 11.6 Å². The van der Waals surface area contributed by atoms with Crippen LogP contribution in [0.2, 0.25) is 5.02 Å². The number of carbonyl (C=O) groups is 1. The van der Waals surface area contributed by atoms with E-state index >= 15 is 0 Å². The molecule has 0 amide bonds. The molecule has 0 radical (unpaired) electrons. The maximum atomic E-state index is 11.0. The Hall–Kier alpha value is -2.86. The van der Waals surface area contributed by atoms with Crippen LogP contribution in [0.15, 0.2) is 36.4 Å². The molecule has 0 aliphatic carbocycles. The summed E-state index contributed by atoms with van der Waals surface area (Å²) >= 11 is 6.03. The number of aromatic carboxylic acids is 1. The maximum absolute atomic E-state index is 11.0. The van der Waals surface area contributed by atoms with Gasteiger partial charge in [-0.15, -0.1) is 0 Å². The average Bonchev–Trinajstić information content (AvgIpc) is 3.08. The topological polar surface area (TPSA) is 94.7 Å². The molecule has 108 valence electrons. The van der Waals surface area contributed by atoms with Crippen LogP contribution in [-0.2, 0) is 0 Å². The highest BCUT2D eigenvalue weighted by Crippen LogP contribution is 2.28. The van der Waals surface area contributed by atoms with Gasteiger partial charge in [0.1, 0.15) is 5.69 Å². The predicted molar refractivity (Wildman–Crippen MR) is 83.2 cm³/mol. The lowest BCUT2D eigenvalue weighted by molar-refractivity contribution is 0.0697. The first kappa shape index (κ1) is 12.8. The van der Waals surface area contributed by atoms with E-state index in [2.05, 4.69) is 20.2 Å². The van der Waals surface area contributed by atoms with Gasteiger partial charge in [-0.1, -0.05) is 11.6 Å². The number of halogens is 1. The second-order valence-corrected chi connectivity index (χ2v) is 5.32. The minimum Gasteiger partial charge on any atom is -0.478 e. The third-order valence-corrected chi connectivity index (χ3v) is 3.71. The number of imidazole rings is 1. The molecule has 4 rings (SSSR count). The fourth-order valence-electron chi connectivity index (χ4n) is 2.42. The summed E-state index contributed by atoms with van der Waals surface area (Å²) in [6.45, 7) is 0. The maximum Gasteiger partial charge on any atom is 0.335 e. The Morgan fingerprint density at radius 2 is 2.00 bits per heavy atom. The summed E-state index contributed by atoms with van der Waals surface area (Å²) in [5.74, 6) is -0.416. The lowest BCUT2D eigenvalue weighted by Gasteiger charge is -1.93. The van der Waals surface area contributed by atoms with Gasteiger partial charge >= 0.3 is 5.97 Å². The van der Waals surface area contributed by atoms with Crippen molar-refractivity contribution in [2.45, 2.75) is 0 Å². The number of carboxylic acids is 1. The van der Waals surface area contributed by atoms with Crippen LogP contribution in [0.4, 0.5) is 0 Å². The van der Waals surface area contributed by atoms with E-state index in [0.717, 1.165) is 10.9 Å². The van der Waals surface area contributed by atoms with Crippen LogP contribution in [0.25, 0.3) is 33.5 Å². The molecule has 0 atom stereocenters. The van der Waals surface area contributed by atoms with Gasteiger partial charge in [-0.25, -0.2) is 9.78 Å². The van der Waals surface area contributed by atoms with Gasteiger partial charge in [0.2, 0.25) is 0 Å². The molecule has 0 saturated carbocycles. The Morgan fingerprint density at radius 3 is 2.82 bits per heavy atom. The molecule has 7 heteroatoms. The first-order valence-corrected chi connectivity index (χ1v) is 6.87. The number of fused-ring (bicyclic) bond motifs is 2. The van der Waals surface area contributed by atoms with Crippen molar-refractivity contribution in [3.63, 3.8) is 0 Å². The van der Waals surface area contributed by atoms with E-state index in [9.17, 15) is 4.79 Å². The molecular weight excluding hydrogens is 304 g/mol. The van der Waals surface area contributed by atoms with E-state index in [4.69, 9.17) is 16.7 Å². The monoisotopic (exact) mass is 312 g/mol. The Kier molecular flexibility index (Phi) is 2.67. The largest absolute Gasteiger partial charge is 0.478 e. The van der Waals surface area contributed by atoms with E-state index in [1.54, 1.807) is 18.2 Å². The molecule has 6 nitrogen and oxygen atoms in total. The molecule has 0 aliphatic heterocycles. The molecule has 0 bridgehead atoms. The highest BCUT2D eigenvalue weighted by molar-refractivity contribution is 6.31. The van der Waals surface area contributed by atoms with Gasteiger partial charge in [-0.2, -0.15) is 5.10 Å². The van der Waals surface area contributed by atoms with Crippen molar-refractivity contribution in [2.75, 3.05) is 0 Å². The fourth-order valence-corrected chi connectivity index (χ4v) is 2.59. The van der Waals surface area contributed by atoms with Crippen LogP contribution in [-0.4, -0.2) is 31.2 Å². The van der Waals surface area contributed by atoms with Crippen molar-refractivity contribution in [2.24, 2.45) is 0 Å². The van der Waals surface area contributed by atoms with E-state index in [-0.39, 0.29) is 5.56 Å². The van der Waals surface area contributed by atoms with Crippen molar-refractivity contribution in [3.05, 3.63) is 47.0 Å². The zero-order valence-electron chi connectivity index (χ0n) is 11.1. The smallest absolute Gasteiger partial charge is 0.335 e. The van der Waals surface area contributed by atoms with Gasteiger partial charge < -0.3 is 10.1 Å². The molecule has 0 fully saturated rings. The van der Waals surface area contributed by atoms with Crippen molar-refractivity contribution < 1.29 is 9.90 Å². The molecule has 22 heavy (non-hydrogen) atoms. The van der Waals surface area contributed by atoms with E-state index in [1.165, 1.54) is 6.07 Å². The Labute approximate surface area is 128 Å². The van der Waals surface area contributed by atoms with Crippen molar-refractivity contribution in [3.8, 4) is 11.5 Å². The summed E-state index contributed by atoms with van der Waals surface area (Å²) in [5, 5.41) is 17.7. The summed E-state index contributed by atoms with van der Waals surface area (Å²) in [6.07, 6.45) is 0. The number of carboxylic acid groups (broad SMARTS) is 1. The molecular formula is C15H9ClN4O2. The number of benzene rings is 2. The zero-order valence-corrected chi connectivity index (χ0v) is 11.8. The molecule has 0 aliphatic rings. The number of nitrogens with one attached hydrogen (secondary N) is 2. The number of aromatic amines is 2. The summed E-state index contributed by atoms with van der Waals surface area (Å²) in [4.78, 5) is 18.6. The number of aromatic nitrogens is 4. The molecule has 0 spiro atoms. The van der Waals surface area contributed by atoms with Crippen molar-refractivity contribution in [1.29, 1.82) is 0 Å². The quantitative estimate of drug-likeness (QED) is 0.528. The van der Waals surface area contributed by atoms with E-state index < -0.39 is 5.97 Å². The van der Waals surface area contributed by atoms with Gasteiger partial charge in [0.25, 0.3) is 0 Å². The Balaban J connectivity index is 1.92. The van der Waals surface area contributed by atoms with E-state index in [0.29, 0.717) is 27.6 Å². The van der Waals surface area contributed by atoms with Crippen molar-refractivity contribution >= 4 is 39.5 Å². The van der Waals surface area contributed by atoms with Gasteiger partial charge in [0.15, 0.2) is 5.82 Å². The van der Waals surface area contributed by atoms with Gasteiger partial charge in [0, 0.05) is 10.4 Å². The van der Waals surface area contributed by atoms with Gasteiger partial charge in [-0.3, -0.25) is 5.10 Å². The molecule has 3 N–H and O–H groups in total. The van der Waals surface area contributed by atoms with Crippen LogP contribution < -0.4 is 0 Å². The van der Waals surface area contributed by atoms with Crippen LogP contribution in [0.5, 0.6) is 0 Å². The van der Waals surface area contributed by atoms with Crippen molar-refractivity contribution in [1.82, 2.24) is 20.2 Å². The summed E-state index contributed by atoms with van der Waals surface area (Å²) < 4.78 is 0. The number of nitrogens with zero attached hydrogens (tertiary/aromatic N) is 2. The number of H-pyrrole nitrogens is 2. The van der Waals surface area contributed by atoms with Gasteiger partial charge in [-0.05, 0) is 36.4 Å². The highest BCUT2D eigenvalue weighted by Gasteiger charge is 2.14. The molecule has 0 unspecified atom stereocenters. The van der Waals surface area contributed by atoms with Gasteiger partial charge in [0.05, 0.1) is 22.1 Å². The first-order chi connectivity index (χ1) is 10.6. The molecule has 4 aromatic rings. The van der Waals surface area contributed by atoms with E-state index in [1.807, 2.05) is 12.1 Å². The SMILES string of the molecule is O=C(O)c1ccc2nc(-c3n[nH]c4ccc(Cl)cc34)[nH]c2c1. The molecule has 2 aromatic heterocycles. The Bertz CT molecular complexity index is 1030. The number of hydrogen-bond donors (Lipinski definition) is 3. The molecule has 2 aromatic carbocycles. The van der Waals surface area contributed by atoms with Crippen LogP contribution in [0.1, 0.15) is 10.4 Å². The second-order valence-electron chi connectivity index (χ2n) is 4.88. The minimum atomic E-state index is -0.977. The zero-order chi connectivity index (χ0) is 15.3. The minimum absolute atomic E-state index is 0.206. The van der Waals surface area contributed by atoms with Crippen LogP contribution in [0, 0.1) is 0 Å².